The Morgan fingerprint density at radius 1 is 1.54 bits per heavy atom. The quantitative estimate of drug-likeness (QED) is 0.550. The highest BCUT2D eigenvalue weighted by Crippen LogP contribution is 2.09. The Morgan fingerprint density at radius 3 is 2.77 bits per heavy atom. The Morgan fingerprint density at radius 2 is 2.23 bits per heavy atom. The van der Waals surface area contributed by atoms with E-state index in [9.17, 15) is 0 Å². The second-order valence-corrected chi connectivity index (χ2v) is 3.08. The molecule has 0 saturated carbocycles. The number of hydrogen-bond acceptors (Lipinski definition) is 5. The highest BCUT2D eigenvalue weighted by Gasteiger charge is 2.17. The first-order valence-electron chi connectivity index (χ1n) is 4.47. The van der Waals surface area contributed by atoms with E-state index >= 15 is 0 Å². The minimum absolute atomic E-state index is 0.401. The minimum atomic E-state index is -0.420. The van der Waals surface area contributed by atoms with Gasteiger partial charge in [0.1, 0.15) is 11.7 Å². The van der Waals surface area contributed by atoms with Crippen molar-refractivity contribution >= 4 is 5.84 Å². The van der Waals surface area contributed by atoms with Crippen molar-refractivity contribution in [1.29, 1.82) is 0 Å². The van der Waals surface area contributed by atoms with E-state index in [-0.39, 0.29) is 0 Å². The molecule has 1 unspecified atom stereocenters. The van der Waals surface area contributed by atoms with E-state index < -0.39 is 6.29 Å². The summed E-state index contributed by atoms with van der Waals surface area (Å²) in [6, 6.07) is 0. The SMILES string of the molecule is CCCCN1C(N)=CC(N)=NC1N. The van der Waals surface area contributed by atoms with E-state index in [1.807, 2.05) is 4.90 Å². The number of aliphatic imine (C=N–C) groups is 1. The summed E-state index contributed by atoms with van der Waals surface area (Å²) in [6.45, 7) is 2.95. The van der Waals surface area contributed by atoms with Gasteiger partial charge in [-0.05, 0) is 6.42 Å². The molecule has 0 radical (unpaired) electrons. The molecule has 1 heterocycles. The Kier molecular flexibility index (Phi) is 3.13. The molecule has 0 bridgehead atoms. The van der Waals surface area contributed by atoms with E-state index in [0.717, 1.165) is 19.4 Å². The number of hydrogen-bond donors (Lipinski definition) is 3. The third-order valence-electron chi connectivity index (χ3n) is 1.98. The molecule has 5 heteroatoms. The van der Waals surface area contributed by atoms with Crippen LogP contribution in [0.2, 0.25) is 0 Å². The van der Waals surface area contributed by atoms with Gasteiger partial charge in [-0.2, -0.15) is 0 Å². The zero-order valence-corrected chi connectivity index (χ0v) is 7.90. The van der Waals surface area contributed by atoms with Gasteiger partial charge in [-0.25, -0.2) is 4.99 Å². The molecule has 1 aliphatic rings. The van der Waals surface area contributed by atoms with Gasteiger partial charge >= 0.3 is 0 Å². The molecule has 5 nitrogen and oxygen atoms in total. The lowest BCUT2D eigenvalue weighted by Gasteiger charge is -2.31. The maximum absolute atomic E-state index is 5.75. The summed E-state index contributed by atoms with van der Waals surface area (Å²) in [5, 5.41) is 0. The van der Waals surface area contributed by atoms with Crippen molar-refractivity contribution in [3.8, 4) is 0 Å². The highest BCUT2D eigenvalue weighted by molar-refractivity contribution is 5.92. The van der Waals surface area contributed by atoms with Crippen LogP contribution in [-0.2, 0) is 0 Å². The molecule has 0 fully saturated rings. The summed E-state index contributed by atoms with van der Waals surface area (Å²) in [7, 11) is 0. The summed E-state index contributed by atoms with van der Waals surface area (Å²) in [4.78, 5) is 5.86. The number of amidine groups is 1. The smallest absolute Gasteiger partial charge is 0.177 e. The van der Waals surface area contributed by atoms with Crippen LogP contribution in [0.3, 0.4) is 0 Å². The standard InChI is InChI=1S/C8H17N5/c1-2-3-4-13-7(10)5-6(9)12-8(13)11/h5,8H,2-4,10-11H2,1H3,(H2,9,12). The summed E-state index contributed by atoms with van der Waals surface area (Å²) in [6.07, 6.45) is 3.38. The van der Waals surface area contributed by atoms with Gasteiger partial charge < -0.3 is 16.4 Å². The van der Waals surface area contributed by atoms with Gasteiger partial charge in [-0.3, -0.25) is 5.73 Å². The molecule has 0 aromatic heterocycles. The molecule has 1 aliphatic heterocycles. The third-order valence-corrected chi connectivity index (χ3v) is 1.98. The Balaban J connectivity index is 2.61. The summed E-state index contributed by atoms with van der Waals surface area (Å²) >= 11 is 0. The fourth-order valence-electron chi connectivity index (χ4n) is 1.24. The van der Waals surface area contributed by atoms with Crippen molar-refractivity contribution in [2.45, 2.75) is 26.1 Å². The van der Waals surface area contributed by atoms with Crippen molar-refractivity contribution in [1.82, 2.24) is 4.90 Å². The number of rotatable bonds is 3. The van der Waals surface area contributed by atoms with Crippen LogP contribution in [0.1, 0.15) is 19.8 Å². The first kappa shape index (κ1) is 9.85. The second kappa shape index (κ2) is 4.13. The molecule has 0 spiro atoms. The van der Waals surface area contributed by atoms with E-state index in [2.05, 4.69) is 11.9 Å². The average Bonchev–Trinajstić information content (AvgIpc) is 2.02. The lowest BCUT2D eigenvalue weighted by molar-refractivity contribution is 0.253. The van der Waals surface area contributed by atoms with Gasteiger partial charge in [-0.1, -0.05) is 13.3 Å². The monoisotopic (exact) mass is 183 g/mol. The van der Waals surface area contributed by atoms with E-state index in [1.165, 1.54) is 0 Å². The van der Waals surface area contributed by atoms with Crippen LogP contribution < -0.4 is 17.2 Å². The maximum Gasteiger partial charge on any atom is 0.177 e. The summed E-state index contributed by atoms with van der Waals surface area (Å²) in [5.41, 5.74) is 17.0. The zero-order chi connectivity index (χ0) is 9.84. The van der Waals surface area contributed by atoms with Crippen molar-refractivity contribution in [2.75, 3.05) is 6.54 Å². The fraction of sp³-hybridized carbons (Fsp3) is 0.625. The largest absolute Gasteiger partial charge is 0.385 e. The van der Waals surface area contributed by atoms with E-state index in [0.29, 0.717) is 11.7 Å². The second-order valence-electron chi connectivity index (χ2n) is 3.08. The van der Waals surface area contributed by atoms with E-state index in [4.69, 9.17) is 17.2 Å². The lowest BCUT2D eigenvalue weighted by atomic mass is 10.3. The molecular formula is C8H17N5. The Bertz CT molecular complexity index is 233. The maximum atomic E-state index is 5.75. The molecule has 6 N–H and O–H groups in total. The molecule has 1 rings (SSSR count). The number of unbranched alkanes of at least 4 members (excludes halogenated alkanes) is 1. The molecule has 0 amide bonds. The molecule has 0 aromatic rings. The van der Waals surface area contributed by atoms with Crippen LogP contribution in [0.5, 0.6) is 0 Å². The molecule has 0 saturated heterocycles. The van der Waals surface area contributed by atoms with Gasteiger partial charge in [-0.15, -0.1) is 0 Å². The van der Waals surface area contributed by atoms with Crippen molar-refractivity contribution in [3.63, 3.8) is 0 Å². The predicted molar refractivity (Wildman–Crippen MR) is 53.5 cm³/mol. The average molecular weight is 183 g/mol. The topological polar surface area (TPSA) is 93.7 Å². The zero-order valence-electron chi connectivity index (χ0n) is 7.90. The van der Waals surface area contributed by atoms with Crippen LogP contribution in [0.4, 0.5) is 0 Å². The molecule has 1 atom stereocenters. The van der Waals surface area contributed by atoms with Crippen LogP contribution in [0, 0.1) is 0 Å². The van der Waals surface area contributed by atoms with Crippen molar-refractivity contribution in [2.24, 2.45) is 22.2 Å². The van der Waals surface area contributed by atoms with Gasteiger partial charge in [0.25, 0.3) is 0 Å². The molecule has 13 heavy (non-hydrogen) atoms. The summed E-state index contributed by atoms with van der Waals surface area (Å²) < 4.78 is 0. The van der Waals surface area contributed by atoms with Crippen LogP contribution in [-0.4, -0.2) is 23.6 Å². The minimum Gasteiger partial charge on any atom is -0.385 e. The Labute approximate surface area is 78.3 Å². The third kappa shape index (κ3) is 2.35. The van der Waals surface area contributed by atoms with Gasteiger partial charge in [0.05, 0.1) is 0 Å². The molecule has 0 aromatic carbocycles. The lowest BCUT2D eigenvalue weighted by Crippen LogP contribution is -2.46. The molecule has 74 valence electrons. The van der Waals surface area contributed by atoms with Crippen LogP contribution in [0.15, 0.2) is 16.9 Å². The molecular weight excluding hydrogens is 166 g/mol. The fourth-order valence-corrected chi connectivity index (χ4v) is 1.24. The predicted octanol–water partition coefficient (Wildman–Crippen LogP) is -0.498. The summed E-state index contributed by atoms with van der Waals surface area (Å²) in [5.74, 6) is 1.01. The van der Waals surface area contributed by atoms with Crippen LogP contribution >= 0.6 is 0 Å². The first-order valence-corrected chi connectivity index (χ1v) is 4.47. The Hall–Kier alpha value is -1.23. The van der Waals surface area contributed by atoms with E-state index in [1.54, 1.807) is 6.08 Å². The normalized spacial score (nSPS) is 22.6. The van der Waals surface area contributed by atoms with Gasteiger partial charge in [0, 0.05) is 12.6 Å². The molecule has 0 aliphatic carbocycles. The first-order chi connectivity index (χ1) is 6.15. The number of nitrogens with zero attached hydrogens (tertiary/aromatic N) is 2. The van der Waals surface area contributed by atoms with Gasteiger partial charge in [0.15, 0.2) is 6.29 Å². The number of nitrogens with two attached hydrogens (primary N) is 3. The highest BCUT2D eigenvalue weighted by atomic mass is 15.4. The van der Waals surface area contributed by atoms with Crippen molar-refractivity contribution in [3.05, 3.63) is 11.9 Å². The van der Waals surface area contributed by atoms with Crippen LogP contribution in [0.25, 0.3) is 0 Å². The van der Waals surface area contributed by atoms with Gasteiger partial charge in [0.2, 0.25) is 0 Å². The van der Waals surface area contributed by atoms with Crippen molar-refractivity contribution < 1.29 is 0 Å².